The third kappa shape index (κ3) is 2.92. The topological polar surface area (TPSA) is 79.2 Å². The summed E-state index contributed by atoms with van der Waals surface area (Å²) in [5.74, 6) is 1.93. The number of rotatable bonds is 7. The first-order chi connectivity index (χ1) is 17.7. The summed E-state index contributed by atoms with van der Waals surface area (Å²) >= 11 is 0. The second-order valence-electron chi connectivity index (χ2n) is 15.5. The molecular weight excluding hydrogens is 476 g/mol. The van der Waals surface area contributed by atoms with Crippen LogP contribution in [0.2, 0.25) is 0 Å². The van der Waals surface area contributed by atoms with Crippen molar-refractivity contribution in [3.8, 4) is 0 Å². The minimum Gasteiger partial charge on any atom is -0.393 e. The van der Waals surface area contributed by atoms with Crippen LogP contribution < -0.4 is 0 Å². The van der Waals surface area contributed by atoms with Gasteiger partial charge in [0.15, 0.2) is 0 Å². The second-order valence-corrected chi connectivity index (χ2v) is 15.5. The van der Waals surface area contributed by atoms with Gasteiger partial charge in [-0.25, -0.2) is 0 Å². The Kier molecular flexibility index (Phi) is 6.05. The predicted molar refractivity (Wildman–Crippen MR) is 148 cm³/mol. The fourth-order valence-electron chi connectivity index (χ4n) is 12.6. The maximum absolute atomic E-state index is 12.3. The van der Waals surface area contributed by atoms with Crippen LogP contribution in [0.15, 0.2) is 12.2 Å². The van der Waals surface area contributed by atoms with E-state index in [2.05, 4.69) is 39.8 Å². The summed E-state index contributed by atoms with van der Waals surface area (Å²) in [6.07, 6.45) is 10.7. The van der Waals surface area contributed by atoms with Crippen molar-refractivity contribution < 1.29 is 24.8 Å². The van der Waals surface area contributed by atoms with E-state index < -0.39 is 17.8 Å². The second kappa shape index (κ2) is 8.31. The van der Waals surface area contributed by atoms with Gasteiger partial charge in [-0.2, -0.15) is 0 Å². The standard InChI is InChI=1S/C33H54O5/c1-9-30-15-16-31(30)17-18-32-20(4)33(32)14-13-23(34)28(5,6)22(33)12-11-21(32)24(31)25(35)27(30)38-19(3)26(37-10-2)29(7,8)36/h15-16,19-27,34-36H,9-14,17-18H2,1-8H3. The zero-order valence-electron chi connectivity index (χ0n) is 25.2. The van der Waals surface area contributed by atoms with Crippen molar-refractivity contribution in [1.29, 1.82) is 0 Å². The summed E-state index contributed by atoms with van der Waals surface area (Å²) in [5, 5.41) is 34.2. The summed E-state index contributed by atoms with van der Waals surface area (Å²) in [6.45, 7) is 17.5. The van der Waals surface area contributed by atoms with Gasteiger partial charge in [-0.05, 0) is 107 Å². The van der Waals surface area contributed by atoms with E-state index in [1.54, 1.807) is 13.8 Å². The summed E-state index contributed by atoms with van der Waals surface area (Å²) in [5.41, 5.74) is -0.635. The molecule has 5 fully saturated rings. The van der Waals surface area contributed by atoms with Crippen molar-refractivity contribution in [2.24, 2.45) is 50.7 Å². The summed E-state index contributed by atoms with van der Waals surface area (Å²) in [6, 6.07) is 0. The lowest BCUT2D eigenvalue weighted by atomic mass is 9.41. The Bertz CT molecular complexity index is 984. The van der Waals surface area contributed by atoms with E-state index in [0.717, 1.165) is 38.5 Å². The van der Waals surface area contributed by atoms with Crippen LogP contribution in [0.25, 0.3) is 0 Å². The highest BCUT2D eigenvalue weighted by molar-refractivity contribution is 5.42. The van der Waals surface area contributed by atoms with Gasteiger partial charge in [0.05, 0.1) is 30.0 Å². The first kappa shape index (κ1) is 27.7. The van der Waals surface area contributed by atoms with Gasteiger partial charge in [0.1, 0.15) is 6.10 Å². The van der Waals surface area contributed by atoms with E-state index >= 15 is 0 Å². The molecular formula is C33H54O5. The molecule has 6 aliphatic carbocycles. The third-order valence-electron chi connectivity index (χ3n) is 14.1. The van der Waals surface area contributed by atoms with Crippen LogP contribution in [0.5, 0.6) is 0 Å². The van der Waals surface area contributed by atoms with E-state index in [4.69, 9.17) is 9.47 Å². The fourth-order valence-corrected chi connectivity index (χ4v) is 12.6. The molecule has 3 N–H and O–H groups in total. The average molecular weight is 531 g/mol. The Hall–Kier alpha value is -0.460. The summed E-state index contributed by atoms with van der Waals surface area (Å²) in [4.78, 5) is 0. The lowest BCUT2D eigenvalue weighted by molar-refractivity contribution is -0.189. The number of hydrogen-bond donors (Lipinski definition) is 3. The Morgan fingerprint density at radius 1 is 1.00 bits per heavy atom. The zero-order chi connectivity index (χ0) is 27.7. The van der Waals surface area contributed by atoms with E-state index in [1.165, 1.54) is 6.42 Å². The Morgan fingerprint density at radius 3 is 2.29 bits per heavy atom. The molecule has 0 amide bonds. The molecule has 0 radical (unpaired) electrons. The molecule has 5 saturated carbocycles. The highest BCUT2D eigenvalue weighted by atomic mass is 16.6. The van der Waals surface area contributed by atoms with Gasteiger partial charge >= 0.3 is 0 Å². The summed E-state index contributed by atoms with van der Waals surface area (Å²) < 4.78 is 12.9. The molecule has 5 heteroatoms. The lowest BCUT2D eigenvalue weighted by Gasteiger charge is -2.62. The van der Waals surface area contributed by atoms with E-state index in [1.807, 2.05) is 13.8 Å². The number of aliphatic hydroxyl groups excluding tert-OH is 2. The van der Waals surface area contributed by atoms with Gasteiger partial charge in [0, 0.05) is 23.4 Å². The Morgan fingerprint density at radius 2 is 1.71 bits per heavy atom. The molecule has 38 heavy (non-hydrogen) atoms. The van der Waals surface area contributed by atoms with Crippen LogP contribution >= 0.6 is 0 Å². The maximum atomic E-state index is 12.3. The minimum absolute atomic E-state index is 0.00263. The number of allylic oxidation sites excluding steroid dienone is 1. The Labute approximate surface area is 230 Å². The van der Waals surface area contributed by atoms with Crippen LogP contribution in [-0.2, 0) is 9.47 Å². The smallest absolute Gasteiger partial charge is 0.111 e. The number of aliphatic hydroxyl groups is 3. The van der Waals surface area contributed by atoms with Crippen molar-refractivity contribution in [1.82, 2.24) is 0 Å². The van der Waals surface area contributed by atoms with Crippen molar-refractivity contribution in [3.63, 3.8) is 0 Å². The molecule has 216 valence electrons. The molecule has 0 aromatic rings. The normalized spacial score (nSPS) is 53.5. The van der Waals surface area contributed by atoms with Gasteiger partial charge in [-0.3, -0.25) is 0 Å². The van der Waals surface area contributed by atoms with Crippen LogP contribution in [0.3, 0.4) is 0 Å². The SMILES string of the molecule is CCOC(C(C)OC1C(O)C2C3CCC4C(C)(C)C(O)CCC45C(C)C35CCC23C=CC13CC)C(C)(C)O. The molecule has 13 unspecified atom stereocenters. The molecule has 0 aromatic carbocycles. The molecule has 0 aromatic heterocycles. The molecule has 3 spiro atoms. The van der Waals surface area contributed by atoms with Gasteiger partial charge in [0.2, 0.25) is 0 Å². The molecule has 0 heterocycles. The number of ether oxygens (including phenoxy) is 2. The van der Waals surface area contributed by atoms with Gasteiger partial charge < -0.3 is 24.8 Å². The molecule has 0 aliphatic heterocycles. The quantitative estimate of drug-likeness (QED) is 0.379. The maximum Gasteiger partial charge on any atom is 0.111 e. The Balaban J connectivity index is 1.35. The molecule has 6 aliphatic rings. The fraction of sp³-hybridized carbons (Fsp3) is 0.939. The molecule has 6 rings (SSSR count). The van der Waals surface area contributed by atoms with Crippen molar-refractivity contribution in [2.45, 2.75) is 136 Å². The molecule has 13 atom stereocenters. The van der Waals surface area contributed by atoms with Crippen molar-refractivity contribution >= 4 is 0 Å². The lowest BCUT2D eigenvalue weighted by Crippen LogP contribution is -2.58. The van der Waals surface area contributed by atoms with Gasteiger partial charge in [-0.1, -0.05) is 39.8 Å². The van der Waals surface area contributed by atoms with Gasteiger partial charge in [-0.15, -0.1) is 0 Å². The van der Waals surface area contributed by atoms with Crippen LogP contribution in [0.4, 0.5) is 0 Å². The van der Waals surface area contributed by atoms with Crippen LogP contribution in [-0.4, -0.2) is 58.0 Å². The van der Waals surface area contributed by atoms with E-state index in [0.29, 0.717) is 29.8 Å². The van der Waals surface area contributed by atoms with Crippen LogP contribution in [0, 0.1) is 50.7 Å². The monoisotopic (exact) mass is 530 g/mol. The largest absolute Gasteiger partial charge is 0.393 e. The first-order valence-electron chi connectivity index (χ1n) is 15.8. The number of fused-ring (bicyclic) bond motifs is 1. The van der Waals surface area contributed by atoms with E-state index in [9.17, 15) is 15.3 Å². The summed E-state index contributed by atoms with van der Waals surface area (Å²) in [7, 11) is 0. The third-order valence-corrected chi connectivity index (χ3v) is 14.1. The molecule has 0 bridgehead atoms. The van der Waals surface area contributed by atoms with Crippen LogP contribution in [0.1, 0.15) is 100 Å². The minimum atomic E-state index is -1.03. The first-order valence-corrected chi connectivity index (χ1v) is 15.8. The molecule has 5 nitrogen and oxygen atoms in total. The van der Waals surface area contributed by atoms with Crippen molar-refractivity contribution in [2.75, 3.05) is 6.61 Å². The predicted octanol–water partition coefficient (Wildman–Crippen LogP) is 5.50. The molecule has 0 saturated heterocycles. The van der Waals surface area contributed by atoms with Gasteiger partial charge in [0.25, 0.3) is 0 Å². The highest BCUT2D eigenvalue weighted by Gasteiger charge is 2.87. The van der Waals surface area contributed by atoms with E-state index in [-0.39, 0.29) is 45.9 Å². The number of hydrogen-bond acceptors (Lipinski definition) is 5. The highest BCUT2D eigenvalue weighted by Crippen LogP contribution is 2.91. The zero-order valence-corrected chi connectivity index (χ0v) is 25.2. The van der Waals surface area contributed by atoms with Crippen molar-refractivity contribution in [3.05, 3.63) is 12.2 Å². The average Bonchev–Trinajstić information content (AvgIpc) is 3.33.